The molecule has 0 radical (unpaired) electrons. The first-order chi connectivity index (χ1) is 12.4. The number of methoxy groups -OCH3 is 1. The van der Waals surface area contributed by atoms with E-state index in [1.54, 1.807) is 13.3 Å². The van der Waals surface area contributed by atoms with Crippen molar-refractivity contribution in [1.82, 2.24) is 4.98 Å². The van der Waals surface area contributed by atoms with Gasteiger partial charge in [0.05, 0.1) is 24.1 Å². The van der Waals surface area contributed by atoms with Gasteiger partial charge in [-0.15, -0.1) is 0 Å². The average molecular weight is 369 g/mol. The summed E-state index contributed by atoms with van der Waals surface area (Å²) in [6, 6.07) is 13.6. The quantitative estimate of drug-likeness (QED) is 0.764. The van der Waals surface area contributed by atoms with Gasteiger partial charge in [0.25, 0.3) is 0 Å². The van der Waals surface area contributed by atoms with Gasteiger partial charge in [0.15, 0.2) is 0 Å². The minimum Gasteiger partial charge on any atom is -0.497 e. The molecule has 7 heteroatoms. The van der Waals surface area contributed by atoms with Gasteiger partial charge in [0.1, 0.15) is 5.75 Å². The maximum Gasteiger partial charge on any atom is 0.213 e. The van der Waals surface area contributed by atoms with E-state index in [1.165, 1.54) is 0 Å². The van der Waals surface area contributed by atoms with Gasteiger partial charge < -0.3 is 9.64 Å². The Morgan fingerprint density at radius 1 is 1.15 bits per heavy atom. The fourth-order valence-corrected chi connectivity index (χ4v) is 4.15. The number of primary sulfonamides is 1. The van der Waals surface area contributed by atoms with Crippen molar-refractivity contribution in [1.29, 1.82) is 0 Å². The van der Waals surface area contributed by atoms with Crippen molar-refractivity contribution < 1.29 is 13.2 Å². The van der Waals surface area contributed by atoms with Crippen LogP contribution < -0.4 is 14.8 Å². The Morgan fingerprint density at radius 2 is 2.00 bits per heavy atom. The molecule has 26 heavy (non-hydrogen) atoms. The van der Waals surface area contributed by atoms with E-state index >= 15 is 0 Å². The molecule has 3 aromatic rings. The lowest BCUT2D eigenvalue weighted by Gasteiger charge is -2.21. The van der Waals surface area contributed by atoms with E-state index in [2.05, 4.69) is 9.88 Å². The molecule has 2 N–H and O–H groups in total. The van der Waals surface area contributed by atoms with E-state index in [0.717, 1.165) is 52.1 Å². The summed E-state index contributed by atoms with van der Waals surface area (Å²) in [7, 11) is -1.89. The van der Waals surface area contributed by atoms with Crippen molar-refractivity contribution in [2.24, 2.45) is 5.14 Å². The van der Waals surface area contributed by atoms with Gasteiger partial charge in [-0.05, 0) is 41.8 Å². The third-order valence-corrected chi connectivity index (χ3v) is 5.36. The van der Waals surface area contributed by atoms with Crippen molar-refractivity contribution in [2.75, 3.05) is 18.6 Å². The lowest BCUT2D eigenvalue weighted by Crippen LogP contribution is -2.15. The molecule has 4 rings (SSSR count). The number of aromatic nitrogens is 1. The minimum absolute atomic E-state index is 0.141. The van der Waals surface area contributed by atoms with Crippen LogP contribution in [0.5, 0.6) is 5.75 Å². The van der Waals surface area contributed by atoms with Gasteiger partial charge in [-0.1, -0.05) is 12.1 Å². The fourth-order valence-electron chi connectivity index (χ4n) is 3.50. The maximum atomic E-state index is 11.3. The van der Waals surface area contributed by atoms with Crippen molar-refractivity contribution in [3.8, 4) is 5.75 Å². The lowest BCUT2D eigenvalue weighted by atomic mass is 10.1. The molecule has 1 aliphatic heterocycles. The molecule has 1 aliphatic rings. The molecule has 6 nitrogen and oxygen atoms in total. The molecule has 2 heterocycles. The molecule has 0 spiro atoms. The molecule has 0 saturated carbocycles. The van der Waals surface area contributed by atoms with Crippen molar-refractivity contribution in [2.45, 2.75) is 12.2 Å². The summed E-state index contributed by atoms with van der Waals surface area (Å²) in [6.45, 7) is 0.833. The summed E-state index contributed by atoms with van der Waals surface area (Å²) in [5.74, 6) is 0.634. The first kappa shape index (κ1) is 16.8. The van der Waals surface area contributed by atoms with Crippen molar-refractivity contribution in [3.05, 3.63) is 59.8 Å². The van der Waals surface area contributed by atoms with E-state index in [-0.39, 0.29) is 5.75 Å². The number of benzene rings is 2. The maximum absolute atomic E-state index is 11.3. The normalized spacial score (nSPS) is 13.8. The van der Waals surface area contributed by atoms with Crippen LogP contribution in [0, 0.1) is 0 Å². The Hall–Kier alpha value is -2.64. The van der Waals surface area contributed by atoms with Gasteiger partial charge >= 0.3 is 0 Å². The standard InChI is InChI=1S/C19H19N3O3S/c1-25-15-3-4-16-17(11-15)21-8-6-19(16)22-9-7-14-10-13(2-5-18(14)22)12-26(20,23)24/h2-6,8,10-11H,7,9,12H2,1H3,(H2,20,23,24). The van der Waals surface area contributed by atoms with Gasteiger partial charge in [-0.2, -0.15) is 0 Å². The second-order valence-electron chi connectivity index (χ2n) is 6.39. The molecule has 0 amide bonds. The van der Waals surface area contributed by atoms with Crippen LogP contribution in [-0.4, -0.2) is 27.1 Å². The third-order valence-electron chi connectivity index (χ3n) is 4.62. The highest BCUT2D eigenvalue weighted by atomic mass is 32.2. The number of pyridine rings is 1. The first-order valence-electron chi connectivity index (χ1n) is 8.27. The predicted molar refractivity (Wildman–Crippen MR) is 102 cm³/mol. The van der Waals surface area contributed by atoms with Crippen molar-refractivity contribution in [3.63, 3.8) is 0 Å². The van der Waals surface area contributed by atoms with Crippen LogP contribution in [0.3, 0.4) is 0 Å². The Kier molecular flexibility index (Phi) is 4.05. The van der Waals surface area contributed by atoms with Crippen LogP contribution in [0.1, 0.15) is 11.1 Å². The molecular weight excluding hydrogens is 350 g/mol. The molecule has 0 atom stereocenters. The number of hydrogen-bond acceptors (Lipinski definition) is 5. The Morgan fingerprint density at radius 3 is 2.77 bits per heavy atom. The van der Waals surface area contributed by atoms with Gasteiger partial charge in [0, 0.05) is 29.9 Å². The largest absolute Gasteiger partial charge is 0.497 e. The van der Waals surface area contributed by atoms with Crippen LogP contribution in [0.15, 0.2) is 48.7 Å². The van der Waals surface area contributed by atoms with Crippen LogP contribution in [-0.2, 0) is 22.2 Å². The number of sulfonamides is 1. The first-order valence-corrected chi connectivity index (χ1v) is 9.99. The summed E-state index contributed by atoms with van der Waals surface area (Å²) >= 11 is 0. The van der Waals surface area contributed by atoms with Crippen LogP contribution in [0.2, 0.25) is 0 Å². The zero-order chi connectivity index (χ0) is 18.3. The topological polar surface area (TPSA) is 85.5 Å². The molecule has 134 valence electrons. The summed E-state index contributed by atoms with van der Waals surface area (Å²) in [5, 5.41) is 6.21. The van der Waals surface area contributed by atoms with E-state index < -0.39 is 10.0 Å². The molecular formula is C19H19N3O3S. The predicted octanol–water partition coefficient (Wildman–Crippen LogP) is 2.73. The van der Waals surface area contributed by atoms with Crippen molar-refractivity contribution >= 4 is 32.3 Å². The Labute approximate surface area is 152 Å². The molecule has 0 saturated heterocycles. The molecule has 0 fully saturated rings. The summed E-state index contributed by atoms with van der Waals surface area (Å²) in [5.41, 5.74) is 4.89. The Balaban J connectivity index is 1.75. The van der Waals surface area contributed by atoms with Gasteiger partial charge in [-0.3, -0.25) is 4.98 Å². The minimum atomic E-state index is -3.53. The molecule has 0 bridgehead atoms. The lowest BCUT2D eigenvalue weighted by molar-refractivity contribution is 0.415. The highest BCUT2D eigenvalue weighted by Crippen LogP contribution is 2.38. The zero-order valence-electron chi connectivity index (χ0n) is 14.3. The number of hydrogen-bond donors (Lipinski definition) is 1. The molecule has 2 aromatic carbocycles. The monoisotopic (exact) mass is 369 g/mol. The number of fused-ring (bicyclic) bond motifs is 2. The van der Waals surface area contributed by atoms with Crippen LogP contribution in [0.25, 0.3) is 10.9 Å². The fraction of sp³-hybridized carbons (Fsp3) is 0.211. The van der Waals surface area contributed by atoms with E-state index in [1.807, 2.05) is 42.5 Å². The van der Waals surface area contributed by atoms with Gasteiger partial charge in [0.2, 0.25) is 10.0 Å². The highest BCUT2D eigenvalue weighted by molar-refractivity contribution is 7.88. The van der Waals surface area contributed by atoms with Crippen LogP contribution in [0.4, 0.5) is 11.4 Å². The van der Waals surface area contributed by atoms with Gasteiger partial charge in [-0.25, -0.2) is 13.6 Å². The Bertz CT molecular complexity index is 1100. The zero-order valence-corrected chi connectivity index (χ0v) is 15.2. The smallest absolute Gasteiger partial charge is 0.213 e. The number of nitrogens with zero attached hydrogens (tertiary/aromatic N) is 2. The summed E-state index contributed by atoms with van der Waals surface area (Å²) < 4.78 is 28.0. The molecule has 0 aliphatic carbocycles. The van der Waals surface area contributed by atoms with Crippen LogP contribution >= 0.6 is 0 Å². The highest BCUT2D eigenvalue weighted by Gasteiger charge is 2.23. The van der Waals surface area contributed by atoms with E-state index in [4.69, 9.17) is 9.88 Å². The number of ether oxygens (including phenoxy) is 1. The molecule has 0 unspecified atom stereocenters. The number of nitrogens with two attached hydrogens (primary N) is 1. The second-order valence-corrected chi connectivity index (χ2v) is 8.00. The third kappa shape index (κ3) is 3.11. The molecule has 1 aromatic heterocycles. The SMILES string of the molecule is COc1ccc2c(N3CCc4cc(CS(N)(=O)=O)ccc43)ccnc2c1. The number of rotatable bonds is 4. The van der Waals surface area contributed by atoms with E-state index in [9.17, 15) is 8.42 Å². The summed E-state index contributed by atoms with van der Waals surface area (Å²) in [4.78, 5) is 6.69. The summed E-state index contributed by atoms with van der Waals surface area (Å²) in [6.07, 6.45) is 2.65. The average Bonchev–Trinajstić information content (AvgIpc) is 3.02. The second kappa shape index (κ2) is 6.26. The van der Waals surface area contributed by atoms with E-state index in [0.29, 0.717) is 0 Å². The number of anilines is 2.